The molecule has 178 valence electrons. The number of benzene rings is 2. The molecule has 1 aromatic heterocycles. The Bertz CT molecular complexity index is 1220. The van der Waals surface area contributed by atoms with E-state index in [1.54, 1.807) is 12.3 Å². The molecule has 4 rings (SSSR count). The van der Waals surface area contributed by atoms with E-state index in [4.69, 9.17) is 20.4 Å². The molecule has 2 heterocycles. The summed E-state index contributed by atoms with van der Waals surface area (Å²) in [5, 5.41) is 7.48. The van der Waals surface area contributed by atoms with Crippen molar-refractivity contribution in [2.75, 3.05) is 25.5 Å². The molecule has 0 atom stereocenters. The van der Waals surface area contributed by atoms with Gasteiger partial charge in [0.15, 0.2) is 0 Å². The maximum Gasteiger partial charge on any atom is 0.228 e. The van der Waals surface area contributed by atoms with Gasteiger partial charge in [-0.15, -0.1) is 0 Å². The fourth-order valence-electron chi connectivity index (χ4n) is 4.15. The van der Waals surface area contributed by atoms with E-state index >= 15 is 0 Å². The second-order valence-electron chi connectivity index (χ2n) is 8.68. The van der Waals surface area contributed by atoms with Crippen molar-refractivity contribution >= 4 is 22.7 Å². The maximum absolute atomic E-state index is 13.8. The highest BCUT2D eigenvalue weighted by Crippen LogP contribution is 2.34. The molecule has 1 fully saturated rings. The van der Waals surface area contributed by atoms with Crippen molar-refractivity contribution in [3.05, 3.63) is 60.2 Å². The van der Waals surface area contributed by atoms with E-state index in [9.17, 15) is 4.39 Å². The average molecular weight is 463 g/mol. The van der Waals surface area contributed by atoms with Gasteiger partial charge in [-0.05, 0) is 58.0 Å². The van der Waals surface area contributed by atoms with Crippen molar-refractivity contribution in [1.82, 2.24) is 15.3 Å². The predicted molar refractivity (Wildman–Crippen MR) is 136 cm³/mol. The average Bonchev–Trinajstić information content (AvgIpc) is 2.83. The fraction of sp³-hybridized carbons (Fsp3) is 0.346. The van der Waals surface area contributed by atoms with Crippen molar-refractivity contribution in [3.63, 3.8) is 0 Å². The monoisotopic (exact) mass is 462 g/mol. The zero-order valence-electron chi connectivity index (χ0n) is 19.8. The van der Waals surface area contributed by atoms with Crippen LogP contribution in [0.15, 0.2) is 59.4 Å². The highest BCUT2D eigenvalue weighted by molar-refractivity contribution is 6.04. The van der Waals surface area contributed by atoms with Crippen molar-refractivity contribution < 1.29 is 9.13 Å². The number of para-hydroxylation sites is 1. The molecule has 1 aliphatic rings. The van der Waals surface area contributed by atoms with Crippen LogP contribution in [0.3, 0.4) is 0 Å². The number of ether oxygens (including phenoxy) is 1. The number of allylic oxidation sites excluding steroid dienone is 1. The van der Waals surface area contributed by atoms with Gasteiger partial charge in [0.05, 0.1) is 12.6 Å². The first-order valence-corrected chi connectivity index (χ1v) is 11.6. The first kappa shape index (κ1) is 23.6. The van der Waals surface area contributed by atoms with Crippen LogP contribution in [-0.2, 0) is 0 Å². The van der Waals surface area contributed by atoms with Crippen LogP contribution < -0.4 is 21.1 Å². The third kappa shape index (κ3) is 5.51. The van der Waals surface area contributed by atoms with Crippen LogP contribution in [0.25, 0.3) is 22.0 Å². The lowest BCUT2D eigenvalue weighted by Crippen LogP contribution is -2.31. The smallest absolute Gasteiger partial charge is 0.228 e. The largest absolute Gasteiger partial charge is 0.496 e. The van der Waals surface area contributed by atoms with Gasteiger partial charge < -0.3 is 21.1 Å². The van der Waals surface area contributed by atoms with Gasteiger partial charge >= 0.3 is 0 Å². The second-order valence-corrected chi connectivity index (χ2v) is 8.68. The molecule has 4 N–H and O–H groups in total. The molecule has 0 aliphatic carbocycles. The van der Waals surface area contributed by atoms with Gasteiger partial charge in [-0.1, -0.05) is 18.2 Å². The Morgan fingerprint density at radius 3 is 2.76 bits per heavy atom. The minimum absolute atomic E-state index is 0.0686. The number of rotatable bonds is 6. The lowest BCUT2D eigenvalue weighted by molar-refractivity contribution is 0.413. The Hall–Kier alpha value is -3.52. The topological polar surface area (TPSA) is 97.5 Å². The van der Waals surface area contributed by atoms with Crippen LogP contribution in [-0.4, -0.2) is 42.0 Å². The summed E-state index contributed by atoms with van der Waals surface area (Å²) in [6.45, 7) is 5.95. The number of fused-ring (bicyclic) bond motifs is 1. The van der Waals surface area contributed by atoms with E-state index in [1.807, 2.05) is 38.1 Å². The minimum atomic E-state index is -0.356. The molecule has 2 aromatic carbocycles. The first-order valence-electron chi connectivity index (χ1n) is 11.6. The SMILES string of the molecule is COc1cc(F)ccc1-c1cccc2cnc(NC(C=C(N)C3CCNCC3)=NC(C)C)nc12. The van der Waals surface area contributed by atoms with E-state index in [0.717, 1.165) is 53.7 Å². The lowest BCUT2D eigenvalue weighted by atomic mass is 9.94. The summed E-state index contributed by atoms with van der Waals surface area (Å²) >= 11 is 0. The molecular weight excluding hydrogens is 431 g/mol. The molecule has 0 saturated carbocycles. The maximum atomic E-state index is 13.8. The third-order valence-electron chi connectivity index (χ3n) is 5.82. The Balaban J connectivity index is 1.71. The molecule has 3 aromatic rings. The van der Waals surface area contributed by atoms with Crippen LogP contribution in [0.5, 0.6) is 5.75 Å². The quantitative estimate of drug-likeness (QED) is 0.368. The highest BCUT2D eigenvalue weighted by atomic mass is 19.1. The zero-order valence-corrected chi connectivity index (χ0v) is 19.8. The molecule has 0 unspecified atom stereocenters. The Morgan fingerprint density at radius 2 is 2.03 bits per heavy atom. The first-order chi connectivity index (χ1) is 16.4. The zero-order chi connectivity index (χ0) is 24.1. The van der Waals surface area contributed by atoms with Gasteiger partial charge in [-0.25, -0.2) is 14.4 Å². The summed E-state index contributed by atoms with van der Waals surface area (Å²) in [6.07, 6.45) is 5.68. The number of amidine groups is 1. The van der Waals surface area contributed by atoms with Crippen LogP contribution in [0.1, 0.15) is 26.7 Å². The molecule has 7 nitrogen and oxygen atoms in total. The predicted octanol–water partition coefficient (Wildman–Crippen LogP) is 4.51. The van der Waals surface area contributed by atoms with Crippen LogP contribution in [0.4, 0.5) is 10.3 Å². The van der Waals surface area contributed by atoms with Crippen molar-refractivity contribution in [3.8, 4) is 16.9 Å². The molecule has 0 radical (unpaired) electrons. The highest BCUT2D eigenvalue weighted by Gasteiger charge is 2.17. The van der Waals surface area contributed by atoms with Crippen LogP contribution >= 0.6 is 0 Å². The number of nitrogens with two attached hydrogens (primary N) is 1. The van der Waals surface area contributed by atoms with E-state index in [2.05, 4.69) is 15.6 Å². The molecule has 34 heavy (non-hydrogen) atoms. The number of anilines is 1. The van der Waals surface area contributed by atoms with Crippen LogP contribution in [0, 0.1) is 11.7 Å². The number of hydrogen-bond acceptors (Lipinski definition) is 6. The van der Waals surface area contributed by atoms with Crippen molar-refractivity contribution in [1.29, 1.82) is 0 Å². The lowest BCUT2D eigenvalue weighted by Gasteiger charge is -2.23. The van der Waals surface area contributed by atoms with Gasteiger partial charge in [0.1, 0.15) is 17.4 Å². The fourth-order valence-corrected chi connectivity index (χ4v) is 4.15. The van der Waals surface area contributed by atoms with Crippen molar-refractivity contribution in [2.45, 2.75) is 32.7 Å². The minimum Gasteiger partial charge on any atom is -0.496 e. The van der Waals surface area contributed by atoms with Crippen molar-refractivity contribution in [2.24, 2.45) is 16.6 Å². The van der Waals surface area contributed by atoms with E-state index in [0.29, 0.717) is 23.5 Å². The van der Waals surface area contributed by atoms with Gasteiger partial charge in [0.25, 0.3) is 0 Å². The van der Waals surface area contributed by atoms with E-state index in [-0.39, 0.29) is 11.9 Å². The van der Waals surface area contributed by atoms with E-state index in [1.165, 1.54) is 19.2 Å². The molecule has 8 heteroatoms. The Kier molecular flexibility index (Phi) is 7.37. The summed E-state index contributed by atoms with van der Waals surface area (Å²) in [5.74, 6) is 1.46. The van der Waals surface area contributed by atoms with E-state index < -0.39 is 0 Å². The van der Waals surface area contributed by atoms with Gasteiger partial charge in [0, 0.05) is 46.4 Å². The molecule has 0 bridgehead atoms. The van der Waals surface area contributed by atoms with Crippen LogP contribution in [0.2, 0.25) is 0 Å². The second kappa shape index (κ2) is 10.6. The molecular formula is C26H31FN6O. The van der Waals surface area contributed by atoms with Gasteiger partial charge in [-0.3, -0.25) is 4.99 Å². The number of hydrogen-bond donors (Lipinski definition) is 3. The molecule has 0 spiro atoms. The number of aromatic nitrogens is 2. The number of nitrogens with one attached hydrogen (secondary N) is 2. The summed E-state index contributed by atoms with van der Waals surface area (Å²) in [5.41, 5.74) is 9.56. The Labute approximate surface area is 199 Å². The summed E-state index contributed by atoms with van der Waals surface area (Å²) in [6, 6.07) is 10.4. The molecule has 1 aliphatic heterocycles. The molecule has 0 amide bonds. The summed E-state index contributed by atoms with van der Waals surface area (Å²) in [7, 11) is 1.53. The number of halogens is 1. The standard InChI is InChI=1S/C26H31FN6O/c1-16(2)31-24(14-22(28)17-9-11-29-12-10-17)32-26-30-15-18-5-4-6-21(25(18)33-26)20-8-7-19(27)13-23(20)34-3/h4-8,13-17,29H,9-12,28H2,1-3H3,(H,30,31,32,33). The number of methoxy groups -OCH3 is 1. The van der Waals surface area contributed by atoms with Gasteiger partial charge in [-0.2, -0.15) is 0 Å². The Morgan fingerprint density at radius 1 is 1.24 bits per heavy atom. The normalized spacial score (nSPS) is 15.7. The third-order valence-corrected chi connectivity index (χ3v) is 5.82. The number of piperidine rings is 1. The number of aliphatic imine (C=N–C) groups is 1. The number of nitrogens with zero attached hydrogens (tertiary/aromatic N) is 3. The molecule has 1 saturated heterocycles. The summed E-state index contributed by atoms with van der Waals surface area (Å²) in [4.78, 5) is 14.0. The van der Waals surface area contributed by atoms with Gasteiger partial charge in [0.2, 0.25) is 5.95 Å². The summed E-state index contributed by atoms with van der Waals surface area (Å²) < 4.78 is 19.2.